The van der Waals surface area contributed by atoms with Gasteiger partial charge in [0.25, 0.3) is 0 Å². The van der Waals surface area contributed by atoms with Crippen LogP contribution in [0, 0.1) is 0 Å². The second-order valence-electron chi connectivity index (χ2n) is 4.79. The highest BCUT2D eigenvalue weighted by Crippen LogP contribution is 2.31. The van der Waals surface area contributed by atoms with E-state index in [1.54, 1.807) is 21.0 Å². The highest BCUT2D eigenvalue weighted by atomic mass is 16.5. The Morgan fingerprint density at radius 2 is 2.18 bits per heavy atom. The minimum Gasteiger partial charge on any atom is -0.493 e. The summed E-state index contributed by atoms with van der Waals surface area (Å²) in [6.45, 7) is 4.24. The zero-order chi connectivity index (χ0) is 12.5. The van der Waals surface area contributed by atoms with Crippen molar-refractivity contribution in [2.75, 3.05) is 13.7 Å². The summed E-state index contributed by atoms with van der Waals surface area (Å²) in [6.07, 6.45) is 1.99. The number of hydrogen-bond donors (Lipinski definition) is 0. The standard InChI is InChI=1S/C14H18O3/c1-14(2,16-3)13(15)11-8-4-6-10-7-5-9-17-12(10)11/h4,6,8H,5,7,9H2,1-3H3. The van der Waals surface area contributed by atoms with Gasteiger partial charge in [-0.15, -0.1) is 0 Å². The van der Waals surface area contributed by atoms with Gasteiger partial charge in [-0.25, -0.2) is 0 Å². The van der Waals surface area contributed by atoms with Crippen molar-refractivity contribution in [3.05, 3.63) is 29.3 Å². The first-order valence-electron chi connectivity index (χ1n) is 5.91. The third-order valence-electron chi connectivity index (χ3n) is 3.24. The van der Waals surface area contributed by atoms with E-state index in [0.717, 1.165) is 24.2 Å². The molecule has 0 aromatic heterocycles. The van der Waals surface area contributed by atoms with Gasteiger partial charge in [0.05, 0.1) is 12.2 Å². The lowest BCUT2D eigenvalue weighted by atomic mass is 9.92. The summed E-state index contributed by atoms with van der Waals surface area (Å²) >= 11 is 0. The molecule has 0 unspecified atom stereocenters. The average molecular weight is 234 g/mol. The molecule has 0 bridgehead atoms. The maximum atomic E-state index is 12.4. The Morgan fingerprint density at radius 3 is 2.88 bits per heavy atom. The summed E-state index contributed by atoms with van der Waals surface area (Å²) in [6, 6.07) is 5.74. The fraction of sp³-hybridized carbons (Fsp3) is 0.500. The molecule has 0 N–H and O–H groups in total. The monoisotopic (exact) mass is 234 g/mol. The molecule has 0 spiro atoms. The van der Waals surface area contributed by atoms with Crippen LogP contribution >= 0.6 is 0 Å². The van der Waals surface area contributed by atoms with Gasteiger partial charge in [-0.2, -0.15) is 0 Å². The van der Waals surface area contributed by atoms with Gasteiger partial charge in [-0.05, 0) is 38.3 Å². The Morgan fingerprint density at radius 1 is 1.41 bits per heavy atom. The number of benzene rings is 1. The highest BCUT2D eigenvalue weighted by molar-refractivity contribution is 6.04. The zero-order valence-electron chi connectivity index (χ0n) is 10.6. The number of ether oxygens (including phenoxy) is 2. The molecule has 0 amide bonds. The van der Waals surface area contributed by atoms with E-state index in [1.165, 1.54) is 0 Å². The minimum atomic E-state index is -0.810. The Bertz CT molecular complexity index is 435. The number of rotatable bonds is 3. The van der Waals surface area contributed by atoms with Gasteiger partial charge in [-0.1, -0.05) is 12.1 Å². The molecule has 0 atom stereocenters. The van der Waals surface area contributed by atoms with Crippen molar-refractivity contribution < 1.29 is 14.3 Å². The van der Waals surface area contributed by atoms with Crippen LogP contribution < -0.4 is 4.74 Å². The number of carbonyl (C=O) groups excluding carboxylic acids is 1. The van der Waals surface area contributed by atoms with E-state index in [4.69, 9.17) is 9.47 Å². The smallest absolute Gasteiger partial charge is 0.197 e. The van der Waals surface area contributed by atoms with Crippen LogP contribution in [0.25, 0.3) is 0 Å². The highest BCUT2D eigenvalue weighted by Gasteiger charge is 2.31. The van der Waals surface area contributed by atoms with Gasteiger partial charge in [0, 0.05) is 7.11 Å². The van der Waals surface area contributed by atoms with Crippen LogP contribution in [0.4, 0.5) is 0 Å². The predicted molar refractivity (Wildman–Crippen MR) is 65.7 cm³/mol. The number of carbonyl (C=O) groups is 1. The number of para-hydroxylation sites is 1. The summed E-state index contributed by atoms with van der Waals surface area (Å²) in [5.41, 5.74) is 0.943. The number of fused-ring (bicyclic) bond motifs is 1. The largest absolute Gasteiger partial charge is 0.493 e. The maximum Gasteiger partial charge on any atom is 0.197 e. The summed E-state index contributed by atoms with van der Waals surface area (Å²) in [5, 5.41) is 0. The van der Waals surface area contributed by atoms with Crippen LogP contribution in [-0.2, 0) is 11.2 Å². The second-order valence-corrected chi connectivity index (χ2v) is 4.79. The van der Waals surface area contributed by atoms with Gasteiger partial charge in [0.2, 0.25) is 0 Å². The van der Waals surface area contributed by atoms with Gasteiger partial charge in [0.1, 0.15) is 11.4 Å². The van der Waals surface area contributed by atoms with Gasteiger partial charge >= 0.3 is 0 Å². The van der Waals surface area contributed by atoms with E-state index < -0.39 is 5.60 Å². The molecule has 0 radical (unpaired) electrons. The number of hydrogen-bond acceptors (Lipinski definition) is 3. The SMILES string of the molecule is COC(C)(C)C(=O)c1cccc2c1OCCC2. The summed E-state index contributed by atoms with van der Waals surface area (Å²) < 4.78 is 10.9. The molecule has 0 aliphatic carbocycles. The first kappa shape index (κ1) is 12.1. The Hall–Kier alpha value is -1.35. The third kappa shape index (κ3) is 2.20. The predicted octanol–water partition coefficient (Wildman–Crippen LogP) is 2.62. The number of methoxy groups -OCH3 is 1. The summed E-state index contributed by atoms with van der Waals surface area (Å²) in [7, 11) is 1.55. The van der Waals surface area contributed by atoms with E-state index in [2.05, 4.69) is 0 Å². The van der Waals surface area contributed by atoms with Crippen molar-refractivity contribution in [2.24, 2.45) is 0 Å². The molecule has 3 heteroatoms. The summed E-state index contributed by atoms with van der Waals surface area (Å²) in [4.78, 5) is 12.4. The van der Waals surface area contributed by atoms with Gasteiger partial charge in [0.15, 0.2) is 5.78 Å². The summed E-state index contributed by atoms with van der Waals surface area (Å²) in [5.74, 6) is 0.715. The first-order valence-corrected chi connectivity index (χ1v) is 5.91. The van der Waals surface area contributed by atoms with Crippen molar-refractivity contribution in [1.29, 1.82) is 0 Å². The molecule has 1 aliphatic heterocycles. The Labute approximate surface area is 102 Å². The molecule has 0 saturated carbocycles. The molecule has 92 valence electrons. The van der Waals surface area contributed by atoms with Crippen LogP contribution in [0.3, 0.4) is 0 Å². The number of ketones is 1. The fourth-order valence-electron chi connectivity index (χ4n) is 1.98. The molecule has 0 saturated heterocycles. The molecule has 1 aromatic rings. The van der Waals surface area contributed by atoms with E-state index in [9.17, 15) is 4.79 Å². The van der Waals surface area contributed by atoms with Crippen molar-refractivity contribution in [1.82, 2.24) is 0 Å². The number of aryl methyl sites for hydroxylation is 1. The molecule has 0 fully saturated rings. The second kappa shape index (κ2) is 4.49. The first-order chi connectivity index (χ1) is 8.06. The van der Waals surface area contributed by atoms with Crippen LogP contribution in [0.5, 0.6) is 5.75 Å². The Balaban J connectivity index is 2.42. The lowest BCUT2D eigenvalue weighted by Gasteiger charge is -2.25. The normalized spacial score (nSPS) is 15.0. The third-order valence-corrected chi connectivity index (χ3v) is 3.24. The van der Waals surface area contributed by atoms with E-state index in [-0.39, 0.29) is 5.78 Å². The van der Waals surface area contributed by atoms with Gasteiger partial charge < -0.3 is 9.47 Å². The molecule has 3 nitrogen and oxygen atoms in total. The topological polar surface area (TPSA) is 35.5 Å². The van der Waals surface area contributed by atoms with Gasteiger partial charge in [-0.3, -0.25) is 4.79 Å². The maximum absolute atomic E-state index is 12.4. The molecular weight excluding hydrogens is 216 g/mol. The minimum absolute atomic E-state index is 0.0289. The average Bonchev–Trinajstić information content (AvgIpc) is 2.37. The quantitative estimate of drug-likeness (QED) is 0.754. The molecular formula is C14H18O3. The van der Waals surface area contributed by atoms with E-state index in [1.807, 2.05) is 18.2 Å². The van der Waals surface area contributed by atoms with E-state index >= 15 is 0 Å². The van der Waals surface area contributed by atoms with Crippen LogP contribution in [0.1, 0.15) is 36.2 Å². The fourth-order valence-corrected chi connectivity index (χ4v) is 1.98. The number of Topliss-reactive ketones (excluding diaryl/α,β-unsaturated/α-hetero) is 1. The molecule has 1 heterocycles. The lowest BCUT2D eigenvalue weighted by molar-refractivity contribution is 0.0224. The molecule has 2 rings (SSSR count). The van der Waals surface area contributed by atoms with Crippen molar-refractivity contribution in [3.8, 4) is 5.75 Å². The Kier molecular flexibility index (Phi) is 3.20. The van der Waals surface area contributed by atoms with Crippen LogP contribution in [0.15, 0.2) is 18.2 Å². The molecule has 17 heavy (non-hydrogen) atoms. The van der Waals surface area contributed by atoms with Crippen LogP contribution in [0.2, 0.25) is 0 Å². The van der Waals surface area contributed by atoms with Crippen LogP contribution in [-0.4, -0.2) is 25.1 Å². The molecule has 1 aromatic carbocycles. The molecule has 1 aliphatic rings. The zero-order valence-corrected chi connectivity index (χ0v) is 10.6. The van der Waals surface area contributed by atoms with Crippen molar-refractivity contribution in [3.63, 3.8) is 0 Å². The lowest BCUT2D eigenvalue weighted by Crippen LogP contribution is -2.34. The van der Waals surface area contributed by atoms with Crippen molar-refractivity contribution >= 4 is 5.78 Å². The van der Waals surface area contributed by atoms with E-state index in [0.29, 0.717) is 12.2 Å². The van der Waals surface area contributed by atoms with Crippen molar-refractivity contribution in [2.45, 2.75) is 32.3 Å².